The molecule has 11 heavy (non-hydrogen) atoms. The van der Waals surface area contributed by atoms with Gasteiger partial charge >= 0.3 is 6.09 Å². The maximum Gasteiger partial charge on any atom is 0.408 e. The Hall–Kier alpha value is -0.840. The Labute approximate surface area is 63.8 Å². The normalized spacial score (nSPS) is 32.0. The van der Waals surface area contributed by atoms with Crippen molar-refractivity contribution in [3.05, 3.63) is 0 Å². The van der Waals surface area contributed by atoms with Crippen LogP contribution in [0.15, 0.2) is 0 Å². The first kappa shape index (κ1) is 8.26. The molecule has 1 aliphatic rings. The Kier molecular flexibility index (Phi) is 2.28. The highest BCUT2D eigenvalue weighted by Gasteiger charge is 2.28. The van der Waals surface area contributed by atoms with Crippen molar-refractivity contribution in [2.24, 2.45) is 5.73 Å². The molecular weight excluding hydrogens is 151 g/mol. The van der Waals surface area contributed by atoms with Gasteiger partial charge in [0.2, 0.25) is 0 Å². The molecule has 3 N–H and O–H groups in total. The molecule has 1 aliphatic heterocycles. The second-order valence-corrected chi connectivity index (χ2v) is 2.68. The fourth-order valence-corrected chi connectivity index (χ4v) is 1.17. The first-order chi connectivity index (χ1) is 5.11. The van der Waals surface area contributed by atoms with Gasteiger partial charge in [-0.1, -0.05) is 0 Å². The zero-order chi connectivity index (χ0) is 8.43. The van der Waals surface area contributed by atoms with Gasteiger partial charge in [-0.2, -0.15) is 0 Å². The van der Waals surface area contributed by atoms with Gasteiger partial charge in [-0.15, -0.1) is 0 Å². The SMILES string of the molecule is NC1CCC(F)CN1C(=O)O. The molecule has 1 heterocycles. The van der Waals surface area contributed by atoms with Crippen molar-refractivity contribution in [1.82, 2.24) is 4.90 Å². The van der Waals surface area contributed by atoms with Gasteiger partial charge in [0.05, 0.1) is 12.7 Å². The number of nitrogens with zero attached hydrogens (tertiary/aromatic N) is 1. The third-order valence-corrected chi connectivity index (χ3v) is 1.82. The lowest BCUT2D eigenvalue weighted by molar-refractivity contribution is 0.0757. The first-order valence-corrected chi connectivity index (χ1v) is 3.50. The molecule has 5 heteroatoms. The summed E-state index contributed by atoms with van der Waals surface area (Å²) in [4.78, 5) is 11.3. The van der Waals surface area contributed by atoms with Crippen LogP contribution < -0.4 is 5.73 Å². The molecule has 1 amide bonds. The fourth-order valence-electron chi connectivity index (χ4n) is 1.17. The number of alkyl halides is 1. The van der Waals surface area contributed by atoms with E-state index in [9.17, 15) is 9.18 Å². The summed E-state index contributed by atoms with van der Waals surface area (Å²) in [7, 11) is 0. The van der Waals surface area contributed by atoms with Crippen LogP contribution in [-0.2, 0) is 0 Å². The van der Waals surface area contributed by atoms with Gasteiger partial charge in [0.15, 0.2) is 0 Å². The Morgan fingerprint density at radius 3 is 2.73 bits per heavy atom. The molecule has 0 aromatic heterocycles. The minimum Gasteiger partial charge on any atom is -0.465 e. The van der Waals surface area contributed by atoms with E-state index in [0.717, 1.165) is 4.90 Å². The molecule has 0 spiro atoms. The maximum atomic E-state index is 12.6. The second-order valence-electron chi connectivity index (χ2n) is 2.68. The summed E-state index contributed by atoms with van der Waals surface area (Å²) in [5.74, 6) is 0. The van der Waals surface area contributed by atoms with E-state index in [1.807, 2.05) is 0 Å². The number of hydrogen-bond donors (Lipinski definition) is 2. The number of likely N-dealkylation sites (tertiary alicyclic amines) is 1. The molecule has 1 fully saturated rings. The third-order valence-electron chi connectivity index (χ3n) is 1.82. The van der Waals surface area contributed by atoms with Crippen LogP contribution in [0.5, 0.6) is 0 Å². The number of carboxylic acid groups (broad SMARTS) is 1. The average molecular weight is 162 g/mol. The highest BCUT2D eigenvalue weighted by molar-refractivity contribution is 5.65. The van der Waals surface area contributed by atoms with Crippen LogP contribution in [0.1, 0.15) is 12.8 Å². The number of hydrogen-bond acceptors (Lipinski definition) is 2. The van der Waals surface area contributed by atoms with E-state index in [1.165, 1.54) is 0 Å². The Morgan fingerprint density at radius 2 is 2.27 bits per heavy atom. The third kappa shape index (κ3) is 1.80. The van der Waals surface area contributed by atoms with Crippen molar-refractivity contribution in [3.8, 4) is 0 Å². The second kappa shape index (κ2) is 3.04. The van der Waals surface area contributed by atoms with Crippen LogP contribution in [0.25, 0.3) is 0 Å². The number of halogens is 1. The molecule has 0 radical (unpaired) electrons. The van der Waals surface area contributed by atoms with E-state index >= 15 is 0 Å². The smallest absolute Gasteiger partial charge is 0.408 e. The van der Waals surface area contributed by atoms with Crippen molar-refractivity contribution in [2.75, 3.05) is 6.54 Å². The molecular formula is C6H11FN2O2. The molecule has 4 nitrogen and oxygen atoms in total. The molecule has 2 unspecified atom stereocenters. The van der Waals surface area contributed by atoms with Crippen LogP contribution in [0.2, 0.25) is 0 Å². The topological polar surface area (TPSA) is 66.6 Å². The lowest BCUT2D eigenvalue weighted by atomic mass is 10.1. The molecule has 2 atom stereocenters. The summed E-state index contributed by atoms with van der Waals surface area (Å²) in [6.07, 6.45) is -1.94. The van der Waals surface area contributed by atoms with E-state index < -0.39 is 18.4 Å². The first-order valence-electron chi connectivity index (χ1n) is 3.50. The number of amides is 1. The van der Waals surface area contributed by atoms with Crippen molar-refractivity contribution >= 4 is 6.09 Å². The molecule has 0 aromatic carbocycles. The summed E-state index contributed by atoms with van der Waals surface area (Å²) in [5, 5.41) is 8.51. The predicted octanol–water partition coefficient (Wildman–Crippen LogP) is 0.383. The zero-order valence-corrected chi connectivity index (χ0v) is 6.03. The van der Waals surface area contributed by atoms with E-state index in [2.05, 4.69) is 0 Å². The fraction of sp³-hybridized carbons (Fsp3) is 0.833. The van der Waals surface area contributed by atoms with E-state index in [0.29, 0.717) is 12.8 Å². The van der Waals surface area contributed by atoms with Crippen LogP contribution in [-0.4, -0.2) is 35.0 Å². The minimum atomic E-state index is -1.14. The van der Waals surface area contributed by atoms with Gasteiger partial charge in [-0.25, -0.2) is 9.18 Å². The number of nitrogens with two attached hydrogens (primary N) is 1. The average Bonchev–Trinajstić information content (AvgIpc) is 1.94. The lowest BCUT2D eigenvalue weighted by Gasteiger charge is -2.32. The van der Waals surface area contributed by atoms with Gasteiger partial charge in [0, 0.05) is 0 Å². The molecule has 64 valence electrons. The van der Waals surface area contributed by atoms with Gasteiger partial charge < -0.3 is 10.8 Å². The van der Waals surface area contributed by atoms with Crippen molar-refractivity contribution < 1.29 is 14.3 Å². The molecule has 0 aromatic rings. The van der Waals surface area contributed by atoms with E-state index in [1.54, 1.807) is 0 Å². The van der Waals surface area contributed by atoms with Gasteiger partial charge in [0.25, 0.3) is 0 Å². The lowest BCUT2D eigenvalue weighted by Crippen LogP contribution is -2.51. The van der Waals surface area contributed by atoms with Crippen molar-refractivity contribution in [3.63, 3.8) is 0 Å². The highest BCUT2D eigenvalue weighted by atomic mass is 19.1. The molecule has 1 rings (SSSR count). The highest BCUT2D eigenvalue weighted by Crippen LogP contribution is 2.15. The zero-order valence-electron chi connectivity index (χ0n) is 6.03. The van der Waals surface area contributed by atoms with Crippen molar-refractivity contribution in [2.45, 2.75) is 25.2 Å². The Bertz CT molecular complexity index is 165. The van der Waals surface area contributed by atoms with Gasteiger partial charge in [-0.3, -0.25) is 4.90 Å². The summed E-state index contributed by atoms with van der Waals surface area (Å²) in [6, 6.07) is 0. The van der Waals surface area contributed by atoms with Gasteiger partial charge in [0.1, 0.15) is 6.17 Å². The summed E-state index contributed by atoms with van der Waals surface area (Å²) >= 11 is 0. The summed E-state index contributed by atoms with van der Waals surface area (Å²) in [5.41, 5.74) is 5.42. The molecule has 1 saturated heterocycles. The van der Waals surface area contributed by atoms with Crippen molar-refractivity contribution in [1.29, 1.82) is 0 Å². The standard InChI is InChI=1S/C6H11FN2O2/c7-4-1-2-5(8)9(3-4)6(10)11/h4-5H,1-3,8H2,(H,10,11). The van der Waals surface area contributed by atoms with Gasteiger partial charge in [-0.05, 0) is 12.8 Å². The number of rotatable bonds is 0. The number of carbonyl (C=O) groups is 1. The van der Waals surface area contributed by atoms with Crippen LogP contribution in [0.3, 0.4) is 0 Å². The van der Waals surface area contributed by atoms with Crippen LogP contribution in [0.4, 0.5) is 9.18 Å². The predicted molar refractivity (Wildman–Crippen MR) is 36.8 cm³/mol. The monoisotopic (exact) mass is 162 g/mol. The molecule has 0 saturated carbocycles. The van der Waals surface area contributed by atoms with E-state index in [4.69, 9.17) is 10.8 Å². The maximum absolute atomic E-state index is 12.6. The molecule has 0 bridgehead atoms. The number of piperidine rings is 1. The van der Waals surface area contributed by atoms with Crippen LogP contribution in [0, 0.1) is 0 Å². The minimum absolute atomic E-state index is 0.0868. The largest absolute Gasteiger partial charge is 0.465 e. The Balaban J connectivity index is 2.54. The summed E-state index contributed by atoms with van der Waals surface area (Å²) in [6.45, 7) is -0.0868. The molecule has 0 aliphatic carbocycles. The van der Waals surface area contributed by atoms with Crippen LogP contribution >= 0.6 is 0 Å². The Morgan fingerprint density at radius 1 is 1.64 bits per heavy atom. The quantitative estimate of drug-likeness (QED) is 0.541. The van der Waals surface area contributed by atoms with E-state index in [-0.39, 0.29) is 6.54 Å². The summed E-state index contributed by atoms with van der Waals surface area (Å²) < 4.78 is 12.6.